The average molecular weight is 358 g/mol. The van der Waals surface area contributed by atoms with Crippen LogP contribution in [0.25, 0.3) is 0 Å². The molecule has 1 aliphatic heterocycles. The van der Waals surface area contributed by atoms with Gasteiger partial charge in [0.2, 0.25) is 0 Å². The number of hydrogen-bond donors (Lipinski definition) is 2. The van der Waals surface area contributed by atoms with E-state index in [9.17, 15) is 4.39 Å². The highest BCUT2D eigenvalue weighted by atomic mass is 19.1. The Hall–Kier alpha value is -2.12. The summed E-state index contributed by atoms with van der Waals surface area (Å²) in [6, 6.07) is 4.25. The van der Waals surface area contributed by atoms with Gasteiger partial charge in [0.15, 0.2) is 11.6 Å². The summed E-state index contributed by atoms with van der Waals surface area (Å²) in [7, 11) is 1.86. The number of nitrogens with one attached hydrogen (secondary N) is 2. The summed E-state index contributed by atoms with van der Waals surface area (Å²) in [6.45, 7) is 6.63. The minimum Gasteiger partial charge on any atom is -0.366 e. The zero-order chi connectivity index (χ0) is 18.5. The number of likely N-dealkylation sites (N-methyl/N-ethyl adjacent to an activating group) is 1. The van der Waals surface area contributed by atoms with Gasteiger partial charge in [0.25, 0.3) is 0 Å². The van der Waals surface area contributed by atoms with Gasteiger partial charge in [0.05, 0.1) is 17.4 Å². The van der Waals surface area contributed by atoms with Gasteiger partial charge in [-0.2, -0.15) is 0 Å². The molecule has 2 aromatic rings. The molecule has 140 valence electrons. The number of aryl methyl sites for hydroxylation is 2. The third-order valence-corrected chi connectivity index (χ3v) is 4.78. The molecule has 1 aliphatic rings. The lowest BCUT2D eigenvalue weighted by Gasteiger charge is -2.25. The molecular weight excluding hydrogens is 331 g/mol. The molecule has 6 nitrogen and oxygen atoms in total. The molecule has 0 spiro atoms. The van der Waals surface area contributed by atoms with Crippen molar-refractivity contribution in [3.63, 3.8) is 0 Å². The highest BCUT2D eigenvalue weighted by Gasteiger charge is 2.29. The van der Waals surface area contributed by atoms with Crippen molar-refractivity contribution >= 4 is 5.82 Å². The Labute approximate surface area is 154 Å². The van der Waals surface area contributed by atoms with E-state index in [0.29, 0.717) is 24.6 Å². The van der Waals surface area contributed by atoms with Crippen LogP contribution in [0.5, 0.6) is 0 Å². The Bertz CT molecular complexity index is 751. The van der Waals surface area contributed by atoms with E-state index in [1.807, 2.05) is 19.3 Å². The van der Waals surface area contributed by atoms with E-state index in [1.54, 1.807) is 6.92 Å². The van der Waals surface area contributed by atoms with Gasteiger partial charge in [-0.3, -0.25) is 9.88 Å². The Morgan fingerprint density at radius 3 is 2.88 bits per heavy atom. The van der Waals surface area contributed by atoms with E-state index in [0.717, 1.165) is 31.6 Å². The lowest BCUT2D eigenvalue weighted by atomic mass is 10.1. The van der Waals surface area contributed by atoms with Crippen molar-refractivity contribution < 1.29 is 4.39 Å². The molecule has 0 saturated carbocycles. The number of likely N-dealkylation sites (tertiary alicyclic amines) is 1. The van der Waals surface area contributed by atoms with Crippen LogP contribution in [0.1, 0.15) is 41.7 Å². The lowest BCUT2D eigenvalue weighted by Crippen LogP contribution is -2.26. The second-order valence-electron chi connectivity index (χ2n) is 6.74. The highest BCUT2D eigenvalue weighted by molar-refractivity contribution is 5.38. The van der Waals surface area contributed by atoms with E-state index in [4.69, 9.17) is 0 Å². The van der Waals surface area contributed by atoms with Gasteiger partial charge in [0, 0.05) is 25.8 Å². The number of nitrogens with zero attached hydrogens (tertiary/aromatic N) is 4. The molecule has 3 heterocycles. The van der Waals surface area contributed by atoms with Crippen molar-refractivity contribution in [2.75, 3.05) is 32.0 Å². The number of aromatic nitrogens is 3. The Kier molecular flexibility index (Phi) is 6.11. The van der Waals surface area contributed by atoms with Crippen molar-refractivity contribution in [3.8, 4) is 0 Å². The van der Waals surface area contributed by atoms with Crippen molar-refractivity contribution in [2.45, 2.75) is 39.3 Å². The third-order valence-electron chi connectivity index (χ3n) is 4.78. The van der Waals surface area contributed by atoms with Crippen LogP contribution in [0.2, 0.25) is 0 Å². The van der Waals surface area contributed by atoms with Gasteiger partial charge in [-0.1, -0.05) is 6.07 Å². The molecule has 0 aliphatic carbocycles. The fourth-order valence-electron chi connectivity index (χ4n) is 3.51. The van der Waals surface area contributed by atoms with Crippen molar-refractivity contribution in [1.82, 2.24) is 25.2 Å². The molecule has 0 bridgehead atoms. The van der Waals surface area contributed by atoms with Gasteiger partial charge in [-0.25, -0.2) is 14.4 Å². The fourth-order valence-corrected chi connectivity index (χ4v) is 3.51. The van der Waals surface area contributed by atoms with Crippen LogP contribution in [0, 0.1) is 19.7 Å². The minimum atomic E-state index is -0.352. The summed E-state index contributed by atoms with van der Waals surface area (Å²) >= 11 is 0. The van der Waals surface area contributed by atoms with Crippen LogP contribution in [-0.4, -0.2) is 46.5 Å². The van der Waals surface area contributed by atoms with Crippen molar-refractivity contribution in [1.29, 1.82) is 0 Å². The zero-order valence-corrected chi connectivity index (χ0v) is 15.7. The van der Waals surface area contributed by atoms with Gasteiger partial charge < -0.3 is 10.6 Å². The molecule has 3 rings (SSSR count). The minimum absolute atomic E-state index is 0.214. The fraction of sp³-hybridized carbons (Fsp3) is 0.526. The summed E-state index contributed by atoms with van der Waals surface area (Å²) in [5.74, 6) is 0.515. The maximum absolute atomic E-state index is 14.9. The molecule has 0 radical (unpaired) electrons. The van der Waals surface area contributed by atoms with Crippen LogP contribution >= 0.6 is 0 Å². The van der Waals surface area contributed by atoms with E-state index in [2.05, 4.69) is 43.5 Å². The number of anilines is 1. The van der Waals surface area contributed by atoms with Gasteiger partial charge in [-0.05, 0) is 51.9 Å². The van der Waals surface area contributed by atoms with E-state index in [-0.39, 0.29) is 17.7 Å². The Morgan fingerprint density at radius 1 is 1.27 bits per heavy atom. The average Bonchev–Trinajstić information content (AvgIpc) is 3.07. The number of pyridine rings is 1. The maximum atomic E-state index is 14.9. The van der Waals surface area contributed by atoms with E-state index in [1.165, 1.54) is 5.56 Å². The highest BCUT2D eigenvalue weighted by Crippen LogP contribution is 2.33. The first-order chi connectivity index (χ1) is 12.6. The summed E-state index contributed by atoms with van der Waals surface area (Å²) in [5.41, 5.74) is 2.71. The number of halogens is 1. The largest absolute Gasteiger partial charge is 0.366 e. The first kappa shape index (κ1) is 18.7. The summed E-state index contributed by atoms with van der Waals surface area (Å²) in [4.78, 5) is 15.4. The molecule has 2 N–H and O–H groups in total. The van der Waals surface area contributed by atoms with Crippen LogP contribution in [0.15, 0.2) is 18.3 Å². The van der Waals surface area contributed by atoms with Crippen LogP contribution in [-0.2, 0) is 6.54 Å². The Balaban J connectivity index is 1.80. The topological polar surface area (TPSA) is 66.0 Å². The molecule has 0 amide bonds. The standard InChI is InChI=1S/C19H27FN6/c1-13-6-4-8-22-18(13)16-7-5-11-26(16)12-15-17(20)19(23-10-9-21-3)25-14(2)24-15/h4,6,8,16,21H,5,7,9-12H2,1-3H3,(H,23,24,25)/t16-/m0/s1. The van der Waals surface area contributed by atoms with Crippen molar-refractivity contribution in [2.24, 2.45) is 0 Å². The Morgan fingerprint density at radius 2 is 2.12 bits per heavy atom. The van der Waals surface area contributed by atoms with Crippen molar-refractivity contribution in [3.05, 3.63) is 46.9 Å². The summed E-state index contributed by atoms with van der Waals surface area (Å²) in [6.07, 6.45) is 3.95. The maximum Gasteiger partial charge on any atom is 0.188 e. The predicted octanol–water partition coefficient (Wildman–Crippen LogP) is 2.60. The van der Waals surface area contributed by atoms with Crippen LogP contribution < -0.4 is 10.6 Å². The molecule has 7 heteroatoms. The van der Waals surface area contributed by atoms with E-state index < -0.39 is 0 Å². The zero-order valence-electron chi connectivity index (χ0n) is 15.7. The summed E-state index contributed by atoms with van der Waals surface area (Å²) < 4.78 is 14.9. The monoisotopic (exact) mass is 358 g/mol. The third kappa shape index (κ3) is 4.16. The van der Waals surface area contributed by atoms with Crippen LogP contribution in [0.3, 0.4) is 0 Å². The van der Waals surface area contributed by atoms with E-state index >= 15 is 0 Å². The predicted molar refractivity (Wildman–Crippen MR) is 101 cm³/mol. The molecule has 1 atom stereocenters. The SMILES string of the molecule is CNCCNc1nc(C)nc(CN2CCC[C@H]2c2ncccc2C)c1F. The summed E-state index contributed by atoms with van der Waals surface area (Å²) in [5, 5.41) is 6.08. The second-order valence-corrected chi connectivity index (χ2v) is 6.74. The van der Waals surface area contributed by atoms with Gasteiger partial charge in [-0.15, -0.1) is 0 Å². The molecule has 2 aromatic heterocycles. The molecule has 1 fully saturated rings. The molecule has 1 saturated heterocycles. The lowest BCUT2D eigenvalue weighted by molar-refractivity contribution is 0.237. The van der Waals surface area contributed by atoms with Crippen LogP contribution in [0.4, 0.5) is 10.2 Å². The molecule has 26 heavy (non-hydrogen) atoms. The molecule has 0 unspecified atom stereocenters. The smallest absolute Gasteiger partial charge is 0.188 e. The number of hydrogen-bond acceptors (Lipinski definition) is 6. The normalized spacial score (nSPS) is 17.6. The molecule has 0 aromatic carbocycles. The van der Waals surface area contributed by atoms with Gasteiger partial charge in [0.1, 0.15) is 5.82 Å². The number of rotatable bonds is 7. The van der Waals surface area contributed by atoms with Gasteiger partial charge >= 0.3 is 0 Å². The first-order valence-electron chi connectivity index (χ1n) is 9.17. The quantitative estimate of drug-likeness (QED) is 0.742. The first-order valence-corrected chi connectivity index (χ1v) is 9.17. The second kappa shape index (κ2) is 8.51. The molecular formula is C19H27FN6.